The van der Waals surface area contributed by atoms with E-state index < -0.39 is 0 Å². The highest BCUT2D eigenvalue weighted by atomic mass is 16.5. The first kappa shape index (κ1) is 16.4. The van der Waals surface area contributed by atoms with E-state index in [0.29, 0.717) is 13.1 Å². The molecule has 1 heterocycles. The average molecular weight is 334 g/mol. The number of carbonyl (C=O) groups excluding carboxylic acids is 2. The summed E-state index contributed by atoms with van der Waals surface area (Å²) in [6.45, 7) is 5.36. The summed E-state index contributed by atoms with van der Waals surface area (Å²) >= 11 is 0. The third-order valence-corrected chi connectivity index (χ3v) is 6.69. The van der Waals surface area contributed by atoms with Gasteiger partial charge in [0.2, 0.25) is 11.8 Å². The second kappa shape index (κ2) is 6.01. The molecular formula is C19H30N2O3. The number of hydrogen-bond acceptors (Lipinski definition) is 3. The molecule has 5 nitrogen and oxygen atoms in total. The molecule has 5 fully saturated rings. The Morgan fingerprint density at radius 2 is 1.50 bits per heavy atom. The minimum absolute atomic E-state index is 0.0232. The molecule has 5 heteroatoms. The third kappa shape index (κ3) is 2.96. The van der Waals surface area contributed by atoms with Crippen LogP contribution in [0.25, 0.3) is 0 Å². The molecule has 0 aromatic heterocycles. The summed E-state index contributed by atoms with van der Waals surface area (Å²) in [5.74, 6) is 2.41. The molecule has 1 N–H and O–H groups in total. The van der Waals surface area contributed by atoms with Gasteiger partial charge in [0, 0.05) is 18.5 Å². The van der Waals surface area contributed by atoms with Gasteiger partial charge in [-0.3, -0.25) is 9.59 Å². The zero-order chi connectivity index (χ0) is 16.9. The highest BCUT2D eigenvalue weighted by Crippen LogP contribution is 2.60. The lowest BCUT2D eigenvalue weighted by atomic mass is 9.49. The summed E-state index contributed by atoms with van der Waals surface area (Å²) in [6.07, 6.45) is 7.26. The number of nitrogens with one attached hydrogen (secondary N) is 1. The maximum absolute atomic E-state index is 12.9. The summed E-state index contributed by atoms with van der Waals surface area (Å²) in [5.41, 5.74) is -0.166. The maximum atomic E-state index is 12.9. The Morgan fingerprint density at radius 1 is 1.00 bits per heavy atom. The Morgan fingerprint density at radius 3 is 2.00 bits per heavy atom. The molecule has 1 saturated heterocycles. The molecule has 134 valence electrons. The molecule has 0 spiro atoms. The van der Waals surface area contributed by atoms with Gasteiger partial charge in [-0.15, -0.1) is 0 Å². The first-order chi connectivity index (χ1) is 11.4. The fourth-order valence-corrected chi connectivity index (χ4v) is 6.23. The SMILES string of the molecule is CC1CN(C(=O)CNC(=O)C23CC4CC(CC(C4)C2)C3)CC(C)O1. The van der Waals surface area contributed by atoms with Gasteiger partial charge in [-0.25, -0.2) is 0 Å². The van der Waals surface area contributed by atoms with Crippen molar-refractivity contribution in [2.45, 2.75) is 64.6 Å². The second-order valence-corrected chi connectivity index (χ2v) is 8.94. The van der Waals surface area contributed by atoms with Crippen LogP contribution in [0.15, 0.2) is 0 Å². The Hall–Kier alpha value is -1.10. The molecule has 0 radical (unpaired) electrons. The zero-order valence-electron chi connectivity index (χ0n) is 14.9. The molecule has 0 aromatic carbocycles. The van der Waals surface area contributed by atoms with E-state index in [-0.39, 0.29) is 36.0 Å². The van der Waals surface area contributed by atoms with Gasteiger partial charge in [0.05, 0.1) is 18.8 Å². The largest absolute Gasteiger partial charge is 0.372 e. The van der Waals surface area contributed by atoms with Crippen molar-refractivity contribution in [1.29, 1.82) is 0 Å². The van der Waals surface area contributed by atoms with Gasteiger partial charge >= 0.3 is 0 Å². The average Bonchev–Trinajstić information content (AvgIpc) is 2.50. The monoisotopic (exact) mass is 334 g/mol. The lowest BCUT2D eigenvalue weighted by Crippen LogP contribution is -2.56. The number of rotatable bonds is 3. The minimum atomic E-state index is -0.166. The van der Waals surface area contributed by atoms with Gasteiger partial charge in [-0.1, -0.05) is 0 Å². The van der Waals surface area contributed by atoms with Crippen molar-refractivity contribution in [1.82, 2.24) is 10.2 Å². The van der Waals surface area contributed by atoms with Gasteiger partial charge in [-0.05, 0) is 70.1 Å². The van der Waals surface area contributed by atoms with Crippen LogP contribution in [-0.4, -0.2) is 48.6 Å². The Labute approximate surface area is 144 Å². The summed E-state index contributed by atoms with van der Waals surface area (Å²) in [7, 11) is 0. The van der Waals surface area contributed by atoms with Gasteiger partial charge in [0.1, 0.15) is 0 Å². The van der Waals surface area contributed by atoms with Crippen LogP contribution < -0.4 is 5.32 Å². The topological polar surface area (TPSA) is 58.6 Å². The van der Waals surface area contributed by atoms with E-state index in [4.69, 9.17) is 4.74 Å². The standard InChI is InChI=1S/C19H30N2O3/c1-12-10-21(11-13(2)24-12)17(22)9-20-18(23)19-6-14-3-15(7-19)5-16(4-14)8-19/h12-16H,3-11H2,1-2H3,(H,20,23). The molecule has 4 bridgehead atoms. The van der Waals surface area contributed by atoms with Crippen LogP contribution in [0.1, 0.15) is 52.4 Å². The number of morpholine rings is 1. The smallest absolute Gasteiger partial charge is 0.242 e. The van der Waals surface area contributed by atoms with Crippen LogP contribution in [0.3, 0.4) is 0 Å². The molecule has 4 aliphatic carbocycles. The summed E-state index contributed by atoms with van der Waals surface area (Å²) in [5, 5.41) is 3.00. The second-order valence-electron chi connectivity index (χ2n) is 8.94. The highest BCUT2D eigenvalue weighted by Gasteiger charge is 2.54. The number of carbonyl (C=O) groups is 2. The van der Waals surface area contributed by atoms with E-state index in [2.05, 4.69) is 5.32 Å². The molecule has 4 saturated carbocycles. The van der Waals surface area contributed by atoms with Gasteiger partial charge in [0.15, 0.2) is 0 Å². The van der Waals surface area contributed by atoms with Crippen LogP contribution >= 0.6 is 0 Å². The summed E-state index contributed by atoms with van der Waals surface area (Å²) < 4.78 is 5.68. The van der Waals surface area contributed by atoms with Gasteiger partial charge in [0.25, 0.3) is 0 Å². The summed E-state index contributed by atoms with van der Waals surface area (Å²) in [6, 6.07) is 0. The van der Waals surface area contributed by atoms with Crippen molar-refractivity contribution in [2.75, 3.05) is 19.6 Å². The Balaban J connectivity index is 1.34. The normalized spacial score (nSPS) is 43.8. The number of hydrogen-bond donors (Lipinski definition) is 1. The Kier molecular flexibility index (Phi) is 4.10. The van der Waals surface area contributed by atoms with Crippen LogP contribution in [-0.2, 0) is 14.3 Å². The molecule has 2 atom stereocenters. The van der Waals surface area contributed by atoms with Crippen LogP contribution in [0.4, 0.5) is 0 Å². The fourth-order valence-electron chi connectivity index (χ4n) is 6.23. The zero-order valence-corrected chi connectivity index (χ0v) is 14.9. The summed E-state index contributed by atoms with van der Waals surface area (Å²) in [4.78, 5) is 27.2. The maximum Gasteiger partial charge on any atom is 0.242 e. The molecule has 0 aromatic rings. The molecule has 2 unspecified atom stereocenters. The number of ether oxygens (including phenoxy) is 1. The van der Waals surface area contributed by atoms with E-state index >= 15 is 0 Å². The molecule has 5 aliphatic rings. The van der Waals surface area contributed by atoms with Crippen molar-refractivity contribution < 1.29 is 14.3 Å². The van der Waals surface area contributed by atoms with Crippen molar-refractivity contribution >= 4 is 11.8 Å². The van der Waals surface area contributed by atoms with E-state index in [0.717, 1.165) is 37.0 Å². The molecule has 2 amide bonds. The number of amides is 2. The molecule has 1 aliphatic heterocycles. The van der Waals surface area contributed by atoms with E-state index in [9.17, 15) is 9.59 Å². The fraction of sp³-hybridized carbons (Fsp3) is 0.895. The number of nitrogens with zero attached hydrogens (tertiary/aromatic N) is 1. The van der Waals surface area contributed by atoms with E-state index in [1.54, 1.807) is 0 Å². The first-order valence-electron chi connectivity index (χ1n) is 9.65. The van der Waals surface area contributed by atoms with E-state index in [1.165, 1.54) is 19.3 Å². The van der Waals surface area contributed by atoms with Crippen LogP contribution in [0.5, 0.6) is 0 Å². The third-order valence-electron chi connectivity index (χ3n) is 6.69. The van der Waals surface area contributed by atoms with Crippen molar-refractivity contribution in [3.63, 3.8) is 0 Å². The van der Waals surface area contributed by atoms with E-state index in [1.807, 2.05) is 18.7 Å². The van der Waals surface area contributed by atoms with Crippen LogP contribution in [0.2, 0.25) is 0 Å². The lowest BCUT2D eigenvalue weighted by Gasteiger charge is -2.55. The van der Waals surface area contributed by atoms with Crippen molar-refractivity contribution in [3.05, 3.63) is 0 Å². The predicted molar refractivity (Wildman–Crippen MR) is 90.2 cm³/mol. The lowest BCUT2D eigenvalue weighted by molar-refractivity contribution is -0.150. The molecule has 24 heavy (non-hydrogen) atoms. The van der Waals surface area contributed by atoms with Crippen molar-refractivity contribution in [3.8, 4) is 0 Å². The molecular weight excluding hydrogens is 304 g/mol. The highest BCUT2D eigenvalue weighted by molar-refractivity contribution is 5.88. The van der Waals surface area contributed by atoms with Crippen LogP contribution in [0, 0.1) is 23.2 Å². The quantitative estimate of drug-likeness (QED) is 0.858. The van der Waals surface area contributed by atoms with Gasteiger partial charge in [-0.2, -0.15) is 0 Å². The minimum Gasteiger partial charge on any atom is -0.372 e. The van der Waals surface area contributed by atoms with Crippen molar-refractivity contribution in [2.24, 2.45) is 23.2 Å². The van der Waals surface area contributed by atoms with Gasteiger partial charge < -0.3 is 15.0 Å². The molecule has 5 rings (SSSR count). The predicted octanol–water partition coefficient (Wildman–Crippen LogP) is 1.95. The Bertz CT molecular complexity index is 487. The first-order valence-corrected chi connectivity index (χ1v) is 9.65.